The van der Waals surface area contributed by atoms with Crippen LogP contribution in [0.5, 0.6) is 0 Å². The Bertz CT molecular complexity index is 694. The molecule has 0 atom stereocenters. The van der Waals surface area contributed by atoms with Crippen molar-refractivity contribution < 1.29 is 8.42 Å². The lowest BCUT2D eigenvalue weighted by molar-refractivity contribution is 0.595. The molecule has 0 aromatic heterocycles. The van der Waals surface area contributed by atoms with E-state index in [-0.39, 0.29) is 5.75 Å². The Morgan fingerprint density at radius 1 is 1.00 bits per heavy atom. The summed E-state index contributed by atoms with van der Waals surface area (Å²) < 4.78 is 26.1. The van der Waals surface area contributed by atoms with E-state index in [1.54, 1.807) is 42.5 Å². The van der Waals surface area contributed by atoms with Crippen molar-refractivity contribution in [1.29, 1.82) is 0 Å². The molecule has 0 aliphatic rings. The largest absolute Gasteiger partial charge is 0.399 e. The first-order valence-electron chi connectivity index (χ1n) is 5.40. The van der Waals surface area contributed by atoms with Gasteiger partial charge < -0.3 is 5.73 Å². The molecule has 0 aliphatic carbocycles. The summed E-state index contributed by atoms with van der Waals surface area (Å²) in [4.78, 5) is 0.292. The van der Waals surface area contributed by atoms with Crippen LogP contribution in [-0.4, -0.2) is 8.42 Å². The fourth-order valence-electron chi connectivity index (χ4n) is 1.72. The predicted octanol–water partition coefficient (Wildman–Crippen LogP) is 3.77. The monoisotopic (exact) mass is 403 g/mol. The molecule has 0 bridgehead atoms. The Balaban J connectivity index is 2.36. The second-order valence-electron chi connectivity index (χ2n) is 4.11. The van der Waals surface area contributed by atoms with Gasteiger partial charge in [0.1, 0.15) is 0 Å². The summed E-state index contributed by atoms with van der Waals surface area (Å²) in [6, 6.07) is 11.8. The van der Waals surface area contributed by atoms with Crippen molar-refractivity contribution in [2.24, 2.45) is 0 Å². The lowest BCUT2D eigenvalue weighted by atomic mass is 10.2. The highest BCUT2D eigenvalue weighted by Gasteiger charge is 2.16. The third kappa shape index (κ3) is 3.81. The Hall–Kier alpha value is -0.850. The molecule has 2 aromatic rings. The van der Waals surface area contributed by atoms with Crippen molar-refractivity contribution in [1.82, 2.24) is 0 Å². The third-order valence-corrected chi connectivity index (χ3v) is 5.13. The van der Waals surface area contributed by atoms with Gasteiger partial charge in [0.2, 0.25) is 0 Å². The van der Waals surface area contributed by atoms with Gasteiger partial charge in [-0.05, 0) is 42.0 Å². The second-order valence-corrected chi connectivity index (χ2v) is 7.93. The van der Waals surface area contributed by atoms with Gasteiger partial charge in [-0.25, -0.2) is 8.42 Å². The fraction of sp³-hybridized carbons (Fsp3) is 0.0769. The lowest BCUT2D eigenvalue weighted by Crippen LogP contribution is -2.05. The van der Waals surface area contributed by atoms with Crippen molar-refractivity contribution >= 4 is 47.4 Å². The molecule has 3 nitrogen and oxygen atoms in total. The van der Waals surface area contributed by atoms with Crippen LogP contribution in [-0.2, 0) is 15.6 Å². The lowest BCUT2D eigenvalue weighted by Gasteiger charge is -2.07. The maximum atomic E-state index is 12.3. The fourth-order valence-corrected chi connectivity index (χ4v) is 4.20. The summed E-state index contributed by atoms with van der Waals surface area (Å²) >= 11 is 6.58. The first kappa shape index (κ1) is 14.6. The number of sulfone groups is 1. The molecule has 0 unspecified atom stereocenters. The maximum absolute atomic E-state index is 12.3. The quantitative estimate of drug-likeness (QED) is 0.792. The minimum absolute atomic E-state index is 0.0763. The molecule has 0 radical (unpaired) electrons. The molecule has 0 fully saturated rings. The van der Waals surface area contributed by atoms with E-state index in [1.807, 2.05) is 0 Å². The van der Waals surface area contributed by atoms with Crippen molar-refractivity contribution in [3.05, 3.63) is 57.0 Å². The van der Waals surface area contributed by atoms with Gasteiger partial charge >= 0.3 is 0 Å². The summed E-state index contributed by atoms with van der Waals surface area (Å²) in [5, 5.41) is 0. The van der Waals surface area contributed by atoms with Gasteiger partial charge in [0.15, 0.2) is 9.84 Å². The zero-order chi connectivity index (χ0) is 14.0. The Morgan fingerprint density at radius 3 is 2.37 bits per heavy atom. The highest BCUT2D eigenvalue weighted by Crippen LogP contribution is 2.23. The third-order valence-electron chi connectivity index (χ3n) is 2.49. The van der Waals surface area contributed by atoms with Gasteiger partial charge in [-0.1, -0.05) is 37.9 Å². The minimum atomic E-state index is -3.38. The standard InChI is InChI=1S/C13H11Br2NO2S/c14-10-2-1-3-13(7-10)19(17,18)8-9-4-11(15)6-12(16)5-9/h1-7H,8,16H2. The zero-order valence-corrected chi connectivity index (χ0v) is 13.8. The van der Waals surface area contributed by atoms with E-state index in [9.17, 15) is 8.42 Å². The molecule has 0 saturated carbocycles. The van der Waals surface area contributed by atoms with Crippen molar-refractivity contribution in [3.8, 4) is 0 Å². The van der Waals surface area contributed by atoms with Gasteiger partial charge in [-0.3, -0.25) is 0 Å². The highest BCUT2D eigenvalue weighted by molar-refractivity contribution is 9.10. The Labute approximate surface area is 129 Å². The number of benzene rings is 2. The molecule has 2 aromatic carbocycles. The van der Waals surface area contributed by atoms with E-state index < -0.39 is 9.84 Å². The highest BCUT2D eigenvalue weighted by atomic mass is 79.9. The van der Waals surface area contributed by atoms with Crippen LogP contribution in [0.25, 0.3) is 0 Å². The van der Waals surface area contributed by atoms with Crippen molar-refractivity contribution in [2.75, 3.05) is 5.73 Å². The van der Waals surface area contributed by atoms with Gasteiger partial charge in [0.05, 0.1) is 10.6 Å². The normalized spacial score (nSPS) is 11.5. The molecule has 0 aliphatic heterocycles. The van der Waals surface area contributed by atoms with E-state index in [0.717, 1.165) is 8.95 Å². The summed E-state index contributed by atoms with van der Waals surface area (Å²) in [7, 11) is -3.38. The number of hydrogen-bond acceptors (Lipinski definition) is 3. The van der Waals surface area contributed by atoms with Crippen LogP contribution >= 0.6 is 31.9 Å². The SMILES string of the molecule is Nc1cc(Br)cc(CS(=O)(=O)c2cccc(Br)c2)c1. The van der Waals surface area contributed by atoms with Crippen LogP contribution in [0.2, 0.25) is 0 Å². The molecular formula is C13H11Br2NO2S. The number of halogens is 2. The van der Waals surface area contributed by atoms with Crippen LogP contribution in [0.4, 0.5) is 5.69 Å². The van der Waals surface area contributed by atoms with Crippen LogP contribution in [0.15, 0.2) is 56.3 Å². The summed E-state index contributed by atoms with van der Waals surface area (Å²) in [6.07, 6.45) is 0. The molecule has 2 rings (SSSR count). The molecule has 0 saturated heterocycles. The summed E-state index contributed by atoms with van der Waals surface area (Å²) in [5.41, 5.74) is 6.90. The van der Waals surface area contributed by atoms with Gasteiger partial charge in [-0.15, -0.1) is 0 Å². The van der Waals surface area contributed by atoms with E-state index in [0.29, 0.717) is 16.1 Å². The number of nitrogen functional groups attached to an aromatic ring is 1. The van der Waals surface area contributed by atoms with Gasteiger partial charge in [-0.2, -0.15) is 0 Å². The predicted molar refractivity (Wildman–Crippen MR) is 83.6 cm³/mol. The first-order valence-corrected chi connectivity index (χ1v) is 8.64. The number of hydrogen-bond donors (Lipinski definition) is 1. The second kappa shape index (κ2) is 5.64. The van der Waals surface area contributed by atoms with E-state index >= 15 is 0 Å². The maximum Gasteiger partial charge on any atom is 0.182 e. The molecule has 0 spiro atoms. The molecule has 0 heterocycles. The van der Waals surface area contributed by atoms with E-state index in [1.165, 1.54) is 0 Å². The average Bonchev–Trinajstić information content (AvgIpc) is 2.26. The molecular weight excluding hydrogens is 394 g/mol. The average molecular weight is 405 g/mol. The van der Waals surface area contributed by atoms with Crippen LogP contribution in [0, 0.1) is 0 Å². The minimum Gasteiger partial charge on any atom is -0.399 e. The number of rotatable bonds is 3. The molecule has 0 amide bonds. The first-order chi connectivity index (χ1) is 8.87. The molecule has 19 heavy (non-hydrogen) atoms. The van der Waals surface area contributed by atoms with Crippen LogP contribution < -0.4 is 5.73 Å². The summed E-state index contributed by atoms with van der Waals surface area (Å²) in [6.45, 7) is 0. The van der Waals surface area contributed by atoms with Crippen LogP contribution in [0.3, 0.4) is 0 Å². The van der Waals surface area contributed by atoms with Crippen molar-refractivity contribution in [2.45, 2.75) is 10.6 Å². The van der Waals surface area contributed by atoms with Crippen LogP contribution in [0.1, 0.15) is 5.56 Å². The topological polar surface area (TPSA) is 60.2 Å². The Kier molecular flexibility index (Phi) is 4.32. The number of anilines is 1. The van der Waals surface area contributed by atoms with Crippen molar-refractivity contribution in [3.63, 3.8) is 0 Å². The Morgan fingerprint density at radius 2 is 1.74 bits per heavy atom. The van der Waals surface area contributed by atoms with Gasteiger partial charge in [0, 0.05) is 14.6 Å². The molecule has 2 N–H and O–H groups in total. The number of nitrogens with two attached hydrogens (primary N) is 1. The van der Waals surface area contributed by atoms with E-state index in [4.69, 9.17) is 5.73 Å². The van der Waals surface area contributed by atoms with Gasteiger partial charge in [0.25, 0.3) is 0 Å². The molecule has 100 valence electrons. The smallest absolute Gasteiger partial charge is 0.182 e. The zero-order valence-electron chi connectivity index (χ0n) is 9.81. The summed E-state index contributed by atoms with van der Waals surface area (Å²) in [5.74, 6) is -0.0763. The molecule has 6 heteroatoms. The van der Waals surface area contributed by atoms with E-state index in [2.05, 4.69) is 31.9 Å².